The Morgan fingerprint density at radius 2 is 1.83 bits per heavy atom. The maximum Gasteiger partial charge on any atom is 0.233 e. The third-order valence-corrected chi connectivity index (χ3v) is 6.05. The minimum absolute atomic E-state index is 0.163. The minimum Gasteiger partial charge on any atom is -0.494 e. The first kappa shape index (κ1) is 18.7. The van der Waals surface area contributed by atoms with E-state index in [1.165, 1.54) is 5.56 Å². The number of anilines is 1. The van der Waals surface area contributed by atoms with Crippen molar-refractivity contribution in [1.82, 2.24) is 5.16 Å². The molecule has 2 aliphatic rings. The molecule has 3 aromatic rings. The Morgan fingerprint density at radius 3 is 2.57 bits per heavy atom. The van der Waals surface area contributed by atoms with Crippen molar-refractivity contribution in [1.29, 1.82) is 0 Å². The summed E-state index contributed by atoms with van der Waals surface area (Å²) in [5, 5.41) is 7.57. The fourth-order valence-electron chi connectivity index (χ4n) is 4.69. The summed E-state index contributed by atoms with van der Waals surface area (Å²) >= 11 is 0. The first-order valence-electron chi connectivity index (χ1n) is 10.4. The van der Waals surface area contributed by atoms with Gasteiger partial charge >= 0.3 is 0 Å². The number of hydrogen-bond acceptors (Lipinski definition) is 5. The molecular weight excluding hydrogens is 376 g/mol. The highest BCUT2D eigenvalue weighted by molar-refractivity contribution is 6.01. The van der Waals surface area contributed by atoms with Crippen molar-refractivity contribution in [3.63, 3.8) is 0 Å². The van der Waals surface area contributed by atoms with Crippen LogP contribution in [0, 0.1) is 6.92 Å². The highest BCUT2D eigenvalue weighted by Crippen LogP contribution is 2.49. The predicted octanol–water partition coefficient (Wildman–Crippen LogP) is 5.34. The second-order valence-corrected chi connectivity index (χ2v) is 7.90. The predicted molar refractivity (Wildman–Crippen MR) is 115 cm³/mol. The van der Waals surface area contributed by atoms with Crippen molar-refractivity contribution in [2.24, 2.45) is 0 Å². The molecule has 2 aromatic carbocycles. The van der Waals surface area contributed by atoms with Crippen LogP contribution in [0.25, 0.3) is 0 Å². The lowest BCUT2D eigenvalue weighted by Gasteiger charge is -2.34. The van der Waals surface area contributed by atoms with Gasteiger partial charge < -0.3 is 14.6 Å². The molecule has 0 radical (unpaired) electrons. The van der Waals surface area contributed by atoms with Gasteiger partial charge in [-0.3, -0.25) is 4.79 Å². The monoisotopic (exact) mass is 400 g/mol. The molecule has 0 saturated carbocycles. The SMILES string of the molecule is CCOc1ccc([C@@H]2C3=C(C[C@@H](c4ccccc4)CC3=O)Nc3onc(C)c32)cc1. The topological polar surface area (TPSA) is 64.4 Å². The number of Topliss-reactive ketones (excluding diaryl/α,β-unsaturated/α-hetero) is 1. The molecule has 1 aliphatic carbocycles. The van der Waals surface area contributed by atoms with Gasteiger partial charge in [0.15, 0.2) is 5.78 Å². The van der Waals surface area contributed by atoms with Gasteiger partial charge in [-0.2, -0.15) is 0 Å². The van der Waals surface area contributed by atoms with Crippen LogP contribution in [0.2, 0.25) is 0 Å². The summed E-state index contributed by atoms with van der Waals surface area (Å²) in [5.74, 6) is 1.64. The Hall–Kier alpha value is -3.34. The van der Waals surface area contributed by atoms with Gasteiger partial charge in [0.1, 0.15) is 5.75 Å². The second-order valence-electron chi connectivity index (χ2n) is 7.90. The van der Waals surface area contributed by atoms with Crippen LogP contribution >= 0.6 is 0 Å². The van der Waals surface area contributed by atoms with Crippen LogP contribution in [0.3, 0.4) is 0 Å². The third kappa shape index (κ3) is 3.11. The molecule has 0 amide bonds. The Balaban J connectivity index is 1.58. The molecule has 0 unspecified atom stereocenters. The van der Waals surface area contributed by atoms with E-state index in [0.29, 0.717) is 18.9 Å². The van der Waals surface area contributed by atoms with E-state index in [-0.39, 0.29) is 17.6 Å². The molecule has 2 heterocycles. The average Bonchev–Trinajstić information content (AvgIpc) is 3.14. The van der Waals surface area contributed by atoms with Gasteiger partial charge in [0.25, 0.3) is 0 Å². The number of aromatic nitrogens is 1. The highest BCUT2D eigenvalue weighted by atomic mass is 16.5. The second kappa shape index (κ2) is 7.48. The number of ether oxygens (including phenoxy) is 1. The number of nitrogens with zero attached hydrogens (tertiary/aromatic N) is 1. The Morgan fingerprint density at radius 1 is 1.07 bits per heavy atom. The fraction of sp³-hybridized carbons (Fsp3) is 0.280. The number of hydrogen-bond donors (Lipinski definition) is 1. The van der Waals surface area contributed by atoms with Crippen LogP contribution < -0.4 is 10.1 Å². The van der Waals surface area contributed by atoms with E-state index in [9.17, 15) is 4.79 Å². The van der Waals surface area contributed by atoms with E-state index in [2.05, 4.69) is 22.6 Å². The summed E-state index contributed by atoms with van der Waals surface area (Å²) in [4.78, 5) is 13.4. The molecule has 2 atom stereocenters. The summed E-state index contributed by atoms with van der Waals surface area (Å²) < 4.78 is 11.2. The minimum atomic E-state index is -0.178. The van der Waals surface area contributed by atoms with Gasteiger partial charge in [-0.15, -0.1) is 0 Å². The Kier molecular flexibility index (Phi) is 4.66. The number of rotatable bonds is 4. The number of fused-ring (bicyclic) bond motifs is 1. The van der Waals surface area contributed by atoms with E-state index >= 15 is 0 Å². The van der Waals surface area contributed by atoms with E-state index in [1.54, 1.807) is 0 Å². The first-order chi connectivity index (χ1) is 14.7. The van der Waals surface area contributed by atoms with Crippen molar-refractivity contribution in [2.45, 2.75) is 38.5 Å². The smallest absolute Gasteiger partial charge is 0.233 e. The standard InChI is InChI=1S/C25H24N2O3/c1-3-29-19-11-9-17(10-12-19)23-22-15(2)27-30-25(22)26-20-13-18(14-21(28)24(20)23)16-7-5-4-6-8-16/h4-12,18,23,26H,3,13-14H2,1-2H3/t18-,23+/m1/s1. The van der Waals surface area contributed by atoms with Crippen molar-refractivity contribution >= 4 is 11.7 Å². The van der Waals surface area contributed by atoms with Gasteiger partial charge in [-0.1, -0.05) is 47.6 Å². The largest absolute Gasteiger partial charge is 0.494 e. The average molecular weight is 400 g/mol. The number of ketones is 1. The molecule has 5 nitrogen and oxygen atoms in total. The number of benzene rings is 2. The fourth-order valence-corrected chi connectivity index (χ4v) is 4.69. The summed E-state index contributed by atoms with van der Waals surface area (Å²) in [6.07, 6.45) is 1.29. The quantitative estimate of drug-likeness (QED) is 0.640. The summed E-state index contributed by atoms with van der Waals surface area (Å²) in [6.45, 7) is 4.52. The molecule has 0 saturated heterocycles. The highest BCUT2D eigenvalue weighted by Gasteiger charge is 2.41. The van der Waals surface area contributed by atoms with Crippen LogP contribution in [0.1, 0.15) is 54.0 Å². The zero-order valence-corrected chi connectivity index (χ0v) is 17.1. The van der Waals surface area contributed by atoms with Crippen molar-refractivity contribution in [3.8, 4) is 5.75 Å². The maximum absolute atomic E-state index is 13.4. The lowest BCUT2D eigenvalue weighted by atomic mass is 9.72. The maximum atomic E-state index is 13.4. The molecule has 1 aliphatic heterocycles. The van der Waals surface area contributed by atoms with E-state index in [0.717, 1.165) is 40.3 Å². The molecular formula is C25H24N2O3. The number of aryl methyl sites for hydroxylation is 1. The van der Waals surface area contributed by atoms with Crippen LogP contribution in [0.4, 0.5) is 5.88 Å². The third-order valence-electron chi connectivity index (χ3n) is 6.05. The van der Waals surface area contributed by atoms with Crippen LogP contribution in [-0.4, -0.2) is 17.5 Å². The van der Waals surface area contributed by atoms with Gasteiger partial charge in [0.2, 0.25) is 5.88 Å². The summed E-state index contributed by atoms with van der Waals surface area (Å²) in [6, 6.07) is 18.3. The van der Waals surface area contributed by atoms with Crippen LogP contribution in [0.5, 0.6) is 5.75 Å². The number of carbonyl (C=O) groups excluding carboxylic acids is 1. The number of allylic oxidation sites excluding steroid dienone is 2. The van der Waals surface area contributed by atoms with Gasteiger partial charge in [-0.25, -0.2) is 0 Å². The summed E-state index contributed by atoms with van der Waals surface area (Å²) in [5.41, 5.74) is 5.78. The van der Waals surface area contributed by atoms with Crippen LogP contribution in [-0.2, 0) is 4.79 Å². The molecule has 1 N–H and O–H groups in total. The van der Waals surface area contributed by atoms with Gasteiger partial charge in [0, 0.05) is 23.6 Å². The van der Waals surface area contributed by atoms with E-state index in [1.807, 2.05) is 56.3 Å². The molecule has 1 aromatic heterocycles. The number of nitrogens with one attached hydrogen (secondary N) is 1. The molecule has 0 bridgehead atoms. The normalized spacial score (nSPS) is 20.4. The molecule has 5 heteroatoms. The van der Waals surface area contributed by atoms with Crippen molar-refractivity contribution in [3.05, 3.63) is 88.3 Å². The number of carbonyl (C=O) groups is 1. The summed E-state index contributed by atoms with van der Waals surface area (Å²) in [7, 11) is 0. The zero-order chi connectivity index (χ0) is 20.7. The van der Waals surface area contributed by atoms with Gasteiger partial charge in [-0.05, 0) is 49.4 Å². The van der Waals surface area contributed by atoms with E-state index < -0.39 is 0 Å². The Labute approximate surface area is 175 Å². The molecule has 152 valence electrons. The van der Waals surface area contributed by atoms with Crippen LogP contribution in [0.15, 0.2) is 70.4 Å². The molecule has 5 rings (SSSR count). The Bertz CT molecular complexity index is 1110. The van der Waals surface area contributed by atoms with Gasteiger partial charge in [0.05, 0.1) is 17.9 Å². The lowest BCUT2D eigenvalue weighted by molar-refractivity contribution is -0.116. The van der Waals surface area contributed by atoms with Crippen molar-refractivity contribution < 1.29 is 14.1 Å². The molecule has 0 fully saturated rings. The first-order valence-corrected chi connectivity index (χ1v) is 10.4. The molecule has 30 heavy (non-hydrogen) atoms. The molecule has 0 spiro atoms. The van der Waals surface area contributed by atoms with E-state index in [4.69, 9.17) is 9.26 Å². The van der Waals surface area contributed by atoms with Crippen molar-refractivity contribution in [2.75, 3.05) is 11.9 Å². The zero-order valence-electron chi connectivity index (χ0n) is 17.1. The lowest BCUT2D eigenvalue weighted by Crippen LogP contribution is -2.29.